The van der Waals surface area contributed by atoms with Gasteiger partial charge in [-0.3, -0.25) is 4.79 Å². The third-order valence-corrected chi connectivity index (χ3v) is 4.13. The number of halogens is 3. The summed E-state index contributed by atoms with van der Waals surface area (Å²) >= 11 is 0. The minimum Gasteiger partial charge on any atom is -0.339 e. The van der Waals surface area contributed by atoms with Crippen LogP contribution in [0.15, 0.2) is 24.3 Å². The smallest absolute Gasteiger partial charge is 0.339 e. The molecule has 2 rings (SSSR count). The van der Waals surface area contributed by atoms with Gasteiger partial charge in [0.05, 0.1) is 5.56 Å². The molecule has 0 N–H and O–H groups in total. The van der Waals surface area contributed by atoms with Gasteiger partial charge in [-0.15, -0.1) is 0 Å². The van der Waals surface area contributed by atoms with Crippen LogP contribution in [0, 0.1) is 0 Å². The van der Waals surface area contributed by atoms with Crippen molar-refractivity contribution >= 4 is 5.91 Å². The Kier molecular flexibility index (Phi) is 4.91. The summed E-state index contributed by atoms with van der Waals surface area (Å²) in [5.74, 6) is -0.326. The van der Waals surface area contributed by atoms with Crippen molar-refractivity contribution in [1.29, 1.82) is 0 Å². The molecular formula is C16H20F3NO. The van der Waals surface area contributed by atoms with Gasteiger partial charge >= 0.3 is 6.18 Å². The molecule has 1 aliphatic rings. The van der Waals surface area contributed by atoms with Gasteiger partial charge < -0.3 is 4.90 Å². The van der Waals surface area contributed by atoms with Crippen LogP contribution in [0.1, 0.15) is 54.4 Å². The van der Waals surface area contributed by atoms with Gasteiger partial charge in [-0.1, -0.05) is 31.7 Å². The standard InChI is InChI=1S/C16H20F3NO/c1-20(14-9-4-2-3-5-10-14)15(21)12-7-6-8-13(11-12)16(17,18)19/h6-8,11,14H,2-5,9-10H2,1H3. The van der Waals surface area contributed by atoms with Crippen LogP contribution in [-0.4, -0.2) is 23.9 Å². The van der Waals surface area contributed by atoms with Crippen molar-refractivity contribution in [2.75, 3.05) is 7.05 Å². The van der Waals surface area contributed by atoms with E-state index in [1.54, 1.807) is 11.9 Å². The number of carbonyl (C=O) groups is 1. The monoisotopic (exact) mass is 299 g/mol. The summed E-state index contributed by atoms with van der Waals surface area (Å²) in [7, 11) is 1.69. The predicted octanol–water partition coefficient (Wildman–Crippen LogP) is 4.50. The molecule has 21 heavy (non-hydrogen) atoms. The van der Waals surface area contributed by atoms with Crippen LogP contribution in [0.2, 0.25) is 0 Å². The second-order valence-electron chi connectivity index (χ2n) is 5.64. The SMILES string of the molecule is CN(C(=O)c1cccc(C(F)(F)F)c1)C1CCCCCC1. The first kappa shape index (κ1) is 15.9. The summed E-state index contributed by atoms with van der Waals surface area (Å²) < 4.78 is 38.1. The highest BCUT2D eigenvalue weighted by molar-refractivity contribution is 5.94. The lowest BCUT2D eigenvalue weighted by atomic mass is 10.0. The van der Waals surface area contributed by atoms with Crippen LogP contribution in [0.4, 0.5) is 13.2 Å². The summed E-state index contributed by atoms with van der Waals surface area (Å²) in [6, 6.07) is 4.80. The Bertz CT molecular complexity index is 491. The van der Waals surface area contributed by atoms with Gasteiger partial charge in [-0.25, -0.2) is 0 Å². The lowest BCUT2D eigenvalue weighted by Crippen LogP contribution is -2.36. The summed E-state index contributed by atoms with van der Waals surface area (Å²) in [5, 5.41) is 0. The quantitative estimate of drug-likeness (QED) is 0.736. The van der Waals surface area contributed by atoms with Gasteiger partial charge in [0, 0.05) is 18.7 Å². The van der Waals surface area contributed by atoms with E-state index in [-0.39, 0.29) is 17.5 Å². The molecule has 1 aromatic rings. The molecule has 1 saturated carbocycles. The number of hydrogen-bond donors (Lipinski definition) is 0. The zero-order chi connectivity index (χ0) is 15.5. The number of rotatable bonds is 2. The van der Waals surface area contributed by atoms with Gasteiger partial charge in [-0.05, 0) is 31.0 Å². The van der Waals surface area contributed by atoms with Gasteiger partial charge in [0.15, 0.2) is 0 Å². The lowest BCUT2D eigenvalue weighted by molar-refractivity contribution is -0.137. The molecule has 1 aromatic carbocycles. The van der Waals surface area contributed by atoms with E-state index in [0.717, 1.165) is 37.8 Å². The Morgan fingerprint density at radius 2 is 1.76 bits per heavy atom. The zero-order valence-electron chi connectivity index (χ0n) is 12.1. The highest BCUT2D eigenvalue weighted by atomic mass is 19.4. The van der Waals surface area contributed by atoms with Crippen LogP contribution in [0.25, 0.3) is 0 Å². The molecule has 0 aliphatic heterocycles. The third-order valence-electron chi connectivity index (χ3n) is 4.13. The molecule has 1 aliphatic carbocycles. The first-order valence-electron chi connectivity index (χ1n) is 7.34. The number of hydrogen-bond acceptors (Lipinski definition) is 1. The number of amides is 1. The first-order valence-corrected chi connectivity index (χ1v) is 7.34. The van der Waals surface area contributed by atoms with Crippen molar-refractivity contribution in [3.63, 3.8) is 0 Å². The van der Waals surface area contributed by atoms with E-state index in [4.69, 9.17) is 0 Å². The lowest BCUT2D eigenvalue weighted by Gasteiger charge is -2.27. The molecule has 0 atom stereocenters. The molecule has 0 unspecified atom stereocenters. The summed E-state index contributed by atoms with van der Waals surface area (Å²) in [6.45, 7) is 0. The van der Waals surface area contributed by atoms with E-state index in [9.17, 15) is 18.0 Å². The topological polar surface area (TPSA) is 20.3 Å². The molecule has 0 heterocycles. The fourth-order valence-corrected chi connectivity index (χ4v) is 2.84. The molecule has 116 valence electrons. The van der Waals surface area contributed by atoms with Gasteiger partial charge in [-0.2, -0.15) is 13.2 Å². The predicted molar refractivity (Wildman–Crippen MR) is 75.0 cm³/mol. The third kappa shape index (κ3) is 3.99. The van der Waals surface area contributed by atoms with E-state index < -0.39 is 11.7 Å². The van der Waals surface area contributed by atoms with Crippen LogP contribution in [0.3, 0.4) is 0 Å². The van der Waals surface area contributed by atoms with Crippen molar-refractivity contribution in [2.24, 2.45) is 0 Å². The average molecular weight is 299 g/mol. The second kappa shape index (κ2) is 6.50. The van der Waals surface area contributed by atoms with Crippen molar-refractivity contribution < 1.29 is 18.0 Å². The highest BCUT2D eigenvalue weighted by Gasteiger charge is 2.31. The largest absolute Gasteiger partial charge is 0.416 e. The van der Waals surface area contributed by atoms with Gasteiger partial charge in [0.2, 0.25) is 0 Å². The zero-order valence-corrected chi connectivity index (χ0v) is 12.1. The Balaban J connectivity index is 2.15. The first-order chi connectivity index (χ1) is 9.89. The number of alkyl halides is 3. The second-order valence-corrected chi connectivity index (χ2v) is 5.64. The van der Waals surface area contributed by atoms with Crippen LogP contribution >= 0.6 is 0 Å². The van der Waals surface area contributed by atoms with Crippen molar-refractivity contribution in [3.05, 3.63) is 35.4 Å². The fraction of sp³-hybridized carbons (Fsp3) is 0.562. The van der Waals surface area contributed by atoms with E-state index >= 15 is 0 Å². The van der Waals surface area contributed by atoms with Crippen LogP contribution < -0.4 is 0 Å². The minimum absolute atomic E-state index is 0.108. The molecular weight excluding hydrogens is 279 g/mol. The van der Waals surface area contributed by atoms with E-state index in [1.165, 1.54) is 25.0 Å². The van der Waals surface area contributed by atoms with E-state index in [0.29, 0.717) is 0 Å². The Morgan fingerprint density at radius 1 is 1.14 bits per heavy atom. The van der Waals surface area contributed by atoms with E-state index in [1.807, 2.05) is 0 Å². The molecule has 0 aromatic heterocycles. The highest BCUT2D eigenvalue weighted by Crippen LogP contribution is 2.30. The van der Waals surface area contributed by atoms with E-state index in [2.05, 4.69) is 0 Å². The van der Waals surface area contributed by atoms with Gasteiger partial charge in [0.1, 0.15) is 0 Å². The molecule has 0 saturated heterocycles. The molecule has 1 amide bonds. The average Bonchev–Trinajstić information content (AvgIpc) is 2.74. The molecule has 0 radical (unpaired) electrons. The fourth-order valence-electron chi connectivity index (χ4n) is 2.84. The molecule has 0 spiro atoms. The molecule has 5 heteroatoms. The van der Waals surface area contributed by atoms with Crippen LogP contribution in [0.5, 0.6) is 0 Å². The number of carbonyl (C=O) groups excluding carboxylic acids is 1. The Morgan fingerprint density at radius 3 is 2.33 bits per heavy atom. The Labute approximate surface area is 122 Å². The maximum absolute atomic E-state index is 12.7. The summed E-state index contributed by atoms with van der Waals surface area (Å²) in [5.41, 5.74) is -0.667. The maximum Gasteiger partial charge on any atom is 0.416 e. The molecule has 0 bridgehead atoms. The normalized spacial score (nSPS) is 17.3. The summed E-state index contributed by atoms with van der Waals surface area (Å²) in [6.07, 6.45) is 1.93. The minimum atomic E-state index is -4.42. The maximum atomic E-state index is 12.7. The number of benzene rings is 1. The number of nitrogens with zero attached hydrogens (tertiary/aromatic N) is 1. The van der Waals surface area contributed by atoms with Crippen molar-refractivity contribution in [2.45, 2.75) is 50.7 Å². The van der Waals surface area contributed by atoms with Crippen molar-refractivity contribution in [1.82, 2.24) is 4.90 Å². The Hall–Kier alpha value is -1.52. The van der Waals surface area contributed by atoms with Crippen LogP contribution in [-0.2, 0) is 6.18 Å². The van der Waals surface area contributed by atoms with Crippen molar-refractivity contribution in [3.8, 4) is 0 Å². The molecule has 1 fully saturated rings. The summed E-state index contributed by atoms with van der Waals surface area (Å²) in [4.78, 5) is 14.0. The van der Waals surface area contributed by atoms with Gasteiger partial charge in [0.25, 0.3) is 5.91 Å². The molecule has 2 nitrogen and oxygen atoms in total.